The van der Waals surface area contributed by atoms with E-state index in [0.717, 1.165) is 22.6 Å². The minimum atomic E-state index is -0.184. The number of rotatable bonds is 11. The molecular formula is C26H32N4O3S. The van der Waals surface area contributed by atoms with Gasteiger partial charge in [0.05, 0.1) is 13.2 Å². The first-order valence-corrected chi connectivity index (χ1v) is 12.2. The number of methoxy groups -OCH3 is 1. The van der Waals surface area contributed by atoms with Crippen molar-refractivity contribution < 1.29 is 9.53 Å². The maximum atomic E-state index is 12.6. The number of amides is 1. The predicted octanol–water partition coefficient (Wildman–Crippen LogP) is 3.73. The van der Waals surface area contributed by atoms with Crippen LogP contribution in [0.3, 0.4) is 0 Å². The van der Waals surface area contributed by atoms with Crippen LogP contribution in [0.5, 0.6) is 5.75 Å². The molecule has 3 rings (SSSR count). The Kier molecular flexibility index (Phi) is 9.30. The van der Waals surface area contributed by atoms with Gasteiger partial charge in [-0.15, -0.1) is 0 Å². The molecule has 0 saturated heterocycles. The lowest BCUT2D eigenvalue weighted by atomic mass is 10.0. The van der Waals surface area contributed by atoms with Crippen molar-refractivity contribution in [3.63, 3.8) is 0 Å². The van der Waals surface area contributed by atoms with E-state index in [0.29, 0.717) is 29.4 Å². The van der Waals surface area contributed by atoms with Crippen molar-refractivity contribution in [1.29, 1.82) is 0 Å². The Morgan fingerprint density at radius 1 is 1.15 bits per heavy atom. The Bertz CT molecular complexity index is 1150. The second kappa shape index (κ2) is 12.4. The Morgan fingerprint density at radius 3 is 2.53 bits per heavy atom. The van der Waals surface area contributed by atoms with Crippen molar-refractivity contribution in [2.24, 2.45) is 0 Å². The van der Waals surface area contributed by atoms with Crippen LogP contribution in [-0.4, -0.2) is 48.5 Å². The monoisotopic (exact) mass is 480 g/mol. The zero-order valence-corrected chi connectivity index (χ0v) is 20.9. The van der Waals surface area contributed by atoms with Crippen LogP contribution in [0.4, 0.5) is 0 Å². The van der Waals surface area contributed by atoms with Crippen molar-refractivity contribution >= 4 is 17.7 Å². The minimum Gasteiger partial charge on any atom is -0.496 e. The summed E-state index contributed by atoms with van der Waals surface area (Å²) >= 11 is 1.49. The average molecular weight is 481 g/mol. The molecule has 0 aliphatic heterocycles. The zero-order valence-electron chi connectivity index (χ0n) is 20.1. The molecule has 180 valence electrons. The quantitative estimate of drug-likeness (QED) is 0.321. The maximum absolute atomic E-state index is 12.6. The molecule has 0 aliphatic rings. The normalized spacial score (nSPS) is 11.9. The van der Waals surface area contributed by atoms with Crippen molar-refractivity contribution in [3.05, 3.63) is 87.3 Å². The number of thioether (sulfide) groups is 1. The van der Waals surface area contributed by atoms with E-state index >= 15 is 0 Å². The van der Waals surface area contributed by atoms with E-state index in [9.17, 15) is 9.59 Å². The van der Waals surface area contributed by atoms with Gasteiger partial charge in [0.15, 0.2) is 5.16 Å². The molecule has 3 aromatic rings. The van der Waals surface area contributed by atoms with E-state index in [2.05, 4.69) is 15.3 Å². The number of carbonyl (C=O) groups excluding carboxylic acids is 1. The van der Waals surface area contributed by atoms with Crippen LogP contribution in [0.25, 0.3) is 0 Å². The third-order valence-corrected chi connectivity index (χ3v) is 6.58. The molecule has 7 nitrogen and oxygen atoms in total. The summed E-state index contributed by atoms with van der Waals surface area (Å²) in [6, 6.07) is 17.8. The molecule has 0 aliphatic carbocycles. The number of nitrogens with zero attached hydrogens (tertiary/aromatic N) is 2. The molecule has 0 fully saturated rings. The lowest BCUT2D eigenvalue weighted by Crippen LogP contribution is -2.35. The summed E-state index contributed by atoms with van der Waals surface area (Å²) in [5.41, 5.74) is 3.20. The number of aromatic amines is 1. The van der Waals surface area contributed by atoms with E-state index in [1.54, 1.807) is 7.11 Å². The molecule has 1 atom stereocenters. The molecule has 0 spiro atoms. The Morgan fingerprint density at radius 2 is 1.85 bits per heavy atom. The number of likely N-dealkylation sites (N-methyl/N-ethyl adjacent to an activating group) is 1. The molecule has 8 heteroatoms. The van der Waals surface area contributed by atoms with Crippen LogP contribution in [0.1, 0.15) is 34.8 Å². The van der Waals surface area contributed by atoms with Gasteiger partial charge in [-0.3, -0.25) is 9.59 Å². The number of ether oxygens (including phenoxy) is 1. The van der Waals surface area contributed by atoms with Gasteiger partial charge in [-0.1, -0.05) is 60.3 Å². The summed E-state index contributed by atoms with van der Waals surface area (Å²) in [4.78, 5) is 34.7. The second-order valence-electron chi connectivity index (χ2n) is 8.23. The van der Waals surface area contributed by atoms with Gasteiger partial charge >= 0.3 is 0 Å². The van der Waals surface area contributed by atoms with Crippen molar-refractivity contribution in [3.8, 4) is 5.75 Å². The van der Waals surface area contributed by atoms with Crippen molar-refractivity contribution in [1.82, 2.24) is 20.2 Å². The molecule has 0 saturated carbocycles. The van der Waals surface area contributed by atoms with Gasteiger partial charge in [0.1, 0.15) is 5.75 Å². The molecule has 2 N–H and O–H groups in total. The molecule has 1 amide bonds. The highest BCUT2D eigenvalue weighted by molar-refractivity contribution is 7.98. The van der Waals surface area contributed by atoms with Crippen LogP contribution in [-0.2, 0) is 17.0 Å². The average Bonchev–Trinajstić information content (AvgIpc) is 2.83. The number of para-hydroxylation sites is 1. The number of nitrogens with one attached hydrogen (secondary N) is 2. The van der Waals surface area contributed by atoms with Gasteiger partial charge in [-0.25, -0.2) is 4.98 Å². The fraction of sp³-hybridized carbons (Fsp3) is 0.346. The summed E-state index contributed by atoms with van der Waals surface area (Å²) in [5, 5.41) is 3.59. The number of benzene rings is 2. The lowest BCUT2D eigenvalue weighted by molar-refractivity contribution is -0.121. The van der Waals surface area contributed by atoms with Gasteiger partial charge in [0.25, 0.3) is 5.56 Å². The van der Waals surface area contributed by atoms with Crippen LogP contribution >= 0.6 is 11.8 Å². The van der Waals surface area contributed by atoms with Gasteiger partial charge in [-0.2, -0.15) is 0 Å². The van der Waals surface area contributed by atoms with Crippen LogP contribution in [0, 0.1) is 6.92 Å². The van der Waals surface area contributed by atoms with Gasteiger partial charge < -0.3 is 19.9 Å². The standard InChI is InChI=1S/C26H32N4O3S/c1-18-20(25(32)29-26(28-18)34-17-19-10-6-5-7-11-19)14-15-24(31)27-16-22(30(2)3)21-12-8-9-13-23(21)33-4/h5-13,22H,14-17H2,1-4H3,(H,27,31)(H,28,29,32)/t22-/m0/s1. The van der Waals surface area contributed by atoms with Gasteiger partial charge in [-0.05, 0) is 39.1 Å². The van der Waals surface area contributed by atoms with E-state index in [1.807, 2.05) is 80.5 Å². The molecule has 0 unspecified atom stereocenters. The third-order valence-electron chi connectivity index (χ3n) is 5.63. The number of aromatic nitrogens is 2. The first kappa shape index (κ1) is 25.5. The largest absolute Gasteiger partial charge is 0.496 e. The van der Waals surface area contributed by atoms with Crippen LogP contribution in [0.15, 0.2) is 64.5 Å². The molecule has 2 aromatic carbocycles. The van der Waals surface area contributed by atoms with Crippen molar-refractivity contribution in [2.75, 3.05) is 27.7 Å². The SMILES string of the molecule is COc1ccccc1[C@H](CNC(=O)CCc1c(C)nc(SCc2ccccc2)[nH]c1=O)N(C)C. The number of carbonyl (C=O) groups is 1. The highest BCUT2D eigenvalue weighted by Crippen LogP contribution is 2.27. The first-order valence-electron chi connectivity index (χ1n) is 11.2. The smallest absolute Gasteiger partial charge is 0.254 e. The number of hydrogen-bond acceptors (Lipinski definition) is 6. The minimum absolute atomic E-state index is 0.0344. The lowest BCUT2D eigenvalue weighted by Gasteiger charge is -2.26. The number of H-pyrrole nitrogens is 1. The molecule has 1 aromatic heterocycles. The third kappa shape index (κ3) is 6.95. The number of hydrogen-bond donors (Lipinski definition) is 2. The topological polar surface area (TPSA) is 87.3 Å². The predicted molar refractivity (Wildman–Crippen MR) is 136 cm³/mol. The Labute approximate surface area is 205 Å². The maximum Gasteiger partial charge on any atom is 0.254 e. The first-order chi connectivity index (χ1) is 16.4. The fourth-order valence-electron chi connectivity index (χ4n) is 3.72. The number of aryl methyl sites for hydroxylation is 1. The fourth-order valence-corrected chi connectivity index (χ4v) is 4.59. The van der Waals surface area contributed by atoms with Crippen molar-refractivity contribution in [2.45, 2.75) is 36.7 Å². The summed E-state index contributed by atoms with van der Waals surface area (Å²) in [7, 11) is 5.58. The summed E-state index contributed by atoms with van der Waals surface area (Å²) < 4.78 is 5.48. The summed E-state index contributed by atoms with van der Waals surface area (Å²) in [6.45, 7) is 2.26. The van der Waals surface area contributed by atoms with E-state index in [-0.39, 0.29) is 23.9 Å². The summed E-state index contributed by atoms with van der Waals surface area (Å²) in [6.07, 6.45) is 0.555. The van der Waals surface area contributed by atoms with E-state index < -0.39 is 0 Å². The van der Waals surface area contributed by atoms with Gasteiger partial charge in [0, 0.05) is 35.5 Å². The summed E-state index contributed by atoms with van der Waals surface area (Å²) in [5.74, 6) is 1.40. The molecular weight excluding hydrogens is 448 g/mol. The van der Waals surface area contributed by atoms with E-state index in [1.165, 1.54) is 11.8 Å². The molecule has 34 heavy (non-hydrogen) atoms. The Balaban J connectivity index is 1.57. The second-order valence-corrected chi connectivity index (χ2v) is 9.20. The highest BCUT2D eigenvalue weighted by Gasteiger charge is 2.19. The zero-order chi connectivity index (χ0) is 24.5. The Hall–Kier alpha value is -3.10. The molecule has 0 radical (unpaired) electrons. The highest BCUT2D eigenvalue weighted by atomic mass is 32.2. The molecule has 0 bridgehead atoms. The van der Waals surface area contributed by atoms with Gasteiger partial charge in [0.2, 0.25) is 5.91 Å². The van der Waals surface area contributed by atoms with Crippen LogP contribution < -0.4 is 15.6 Å². The molecule has 1 heterocycles. The van der Waals surface area contributed by atoms with Crippen LogP contribution in [0.2, 0.25) is 0 Å². The van der Waals surface area contributed by atoms with E-state index in [4.69, 9.17) is 4.74 Å².